The maximum Gasteiger partial charge on any atom is 0.273 e. The molecule has 0 saturated carbocycles. The number of nitro benzene ring substituents is 1. The van der Waals surface area contributed by atoms with E-state index in [0.29, 0.717) is 11.4 Å². The van der Waals surface area contributed by atoms with Crippen LogP contribution in [0.2, 0.25) is 0 Å². The molecule has 0 aliphatic carbocycles. The van der Waals surface area contributed by atoms with Crippen LogP contribution in [0.3, 0.4) is 0 Å². The Morgan fingerprint density at radius 3 is 2.05 bits per heavy atom. The molecule has 0 saturated heterocycles. The van der Waals surface area contributed by atoms with Gasteiger partial charge >= 0.3 is 0 Å². The first kappa shape index (κ1) is 13.8. The Morgan fingerprint density at radius 1 is 0.950 bits per heavy atom. The molecule has 0 bridgehead atoms. The van der Waals surface area contributed by atoms with Gasteiger partial charge in [0, 0.05) is 23.5 Å². The Kier molecular flexibility index (Phi) is 3.86. The number of nitro groups is 1. The Bertz CT molecular complexity index is 635. The van der Waals surface area contributed by atoms with Gasteiger partial charge in [-0.25, -0.2) is 0 Å². The first-order valence-corrected chi connectivity index (χ1v) is 6.09. The fourth-order valence-electron chi connectivity index (χ4n) is 2.09. The van der Waals surface area contributed by atoms with Crippen molar-refractivity contribution in [1.82, 2.24) is 0 Å². The van der Waals surface area contributed by atoms with Gasteiger partial charge < -0.3 is 10.7 Å². The van der Waals surface area contributed by atoms with E-state index >= 15 is 0 Å². The first-order valence-electron chi connectivity index (χ1n) is 6.09. The molecule has 2 rings (SSSR count). The Hall–Kier alpha value is -2.60. The minimum Gasteiger partial charge on any atom is -0.355 e. The smallest absolute Gasteiger partial charge is 0.273 e. The van der Waals surface area contributed by atoms with Crippen molar-refractivity contribution in [2.24, 2.45) is 5.84 Å². The summed E-state index contributed by atoms with van der Waals surface area (Å²) in [5.74, 6) is 5.33. The van der Waals surface area contributed by atoms with Gasteiger partial charge in [-0.3, -0.25) is 16.0 Å². The summed E-state index contributed by atoms with van der Waals surface area (Å²) in [4.78, 5) is 10.4. The Labute approximate surface area is 116 Å². The molecular formula is C14H16N4O2. The van der Waals surface area contributed by atoms with Crippen molar-refractivity contribution >= 4 is 22.7 Å². The molecule has 2 aromatic carbocycles. The maximum absolute atomic E-state index is 10.9. The second kappa shape index (κ2) is 5.58. The number of anilines is 3. The van der Waals surface area contributed by atoms with Crippen molar-refractivity contribution in [3.63, 3.8) is 0 Å². The average molecular weight is 272 g/mol. The van der Waals surface area contributed by atoms with Crippen molar-refractivity contribution in [2.45, 2.75) is 13.8 Å². The highest BCUT2D eigenvalue weighted by molar-refractivity contribution is 5.69. The van der Waals surface area contributed by atoms with Gasteiger partial charge in [0.15, 0.2) is 0 Å². The lowest BCUT2D eigenvalue weighted by Crippen LogP contribution is -2.07. The molecule has 6 nitrogen and oxygen atoms in total. The van der Waals surface area contributed by atoms with Gasteiger partial charge in [0.05, 0.1) is 10.6 Å². The highest BCUT2D eigenvalue weighted by Gasteiger charge is 2.09. The monoisotopic (exact) mass is 272 g/mol. The molecule has 2 aromatic rings. The van der Waals surface area contributed by atoms with Gasteiger partial charge in [-0.05, 0) is 43.2 Å². The molecule has 0 atom stereocenters. The van der Waals surface area contributed by atoms with Gasteiger partial charge in [-0.15, -0.1) is 0 Å². The fourth-order valence-corrected chi connectivity index (χ4v) is 2.09. The summed E-state index contributed by atoms with van der Waals surface area (Å²) in [6, 6.07) is 10.6. The van der Waals surface area contributed by atoms with Gasteiger partial charge in [-0.1, -0.05) is 6.07 Å². The van der Waals surface area contributed by atoms with Crippen LogP contribution in [-0.4, -0.2) is 4.92 Å². The number of nitrogens with one attached hydrogen (secondary N) is 2. The highest BCUT2D eigenvalue weighted by atomic mass is 16.6. The molecule has 6 heteroatoms. The normalized spacial score (nSPS) is 10.2. The van der Waals surface area contributed by atoms with Crippen molar-refractivity contribution in [1.29, 1.82) is 0 Å². The van der Waals surface area contributed by atoms with E-state index in [1.54, 1.807) is 6.07 Å². The van der Waals surface area contributed by atoms with Crippen molar-refractivity contribution in [3.05, 3.63) is 57.6 Å². The number of nitrogen functional groups attached to an aromatic ring is 1. The molecule has 0 amide bonds. The molecule has 0 aliphatic heterocycles. The summed E-state index contributed by atoms with van der Waals surface area (Å²) < 4.78 is 0. The third-order valence-corrected chi connectivity index (χ3v) is 2.81. The molecule has 0 spiro atoms. The third-order valence-electron chi connectivity index (χ3n) is 2.81. The number of hydrogen-bond donors (Lipinski definition) is 3. The zero-order valence-corrected chi connectivity index (χ0v) is 11.3. The highest BCUT2D eigenvalue weighted by Crippen LogP contribution is 2.27. The molecule has 0 aliphatic rings. The molecule has 20 heavy (non-hydrogen) atoms. The molecule has 0 heterocycles. The van der Waals surface area contributed by atoms with Crippen molar-refractivity contribution in [2.75, 3.05) is 10.7 Å². The minimum atomic E-state index is -0.451. The van der Waals surface area contributed by atoms with E-state index in [1.165, 1.54) is 12.1 Å². The molecule has 0 fully saturated rings. The van der Waals surface area contributed by atoms with E-state index < -0.39 is 4.92 Å². The second-order valence-electron chi connectivity index (χ2n) is 4.67. The zero-order valence-electron chi connectivity index (χ0n) is 11.3. The second-order valence-corrected chi connectivity index (χ2v) is 4.67. The third kappa shape index (κ3) is 3.24. The van der Waals surface area contributed by atoms with Gasteiger partial charge in [-0.2, -0.15) is 0 Å². The lowest BCUT2D eigenvalue weighted by atomic mass is 10.1. The van der Waals surface area contributed by atoms with E-state index in [0.717, 1.165) is 16.8 Å². The minimum absolute atomic E-state index is 0.0210. The summed E-state index contributed by atoms with van der Waals surface area (Å²) in [6.07, 6.45) is 0. The maximum atomic E-state index is 10.9. The number of non-ortho nitro benzene ring substituents is 1. The van der Waals surface area contributed by atoms with Crippen LogP contribution in [0.4, 0.5) is 22.7 Å². The van der Waals surface area contributed by atoms with Crippen LogP contribution in [0.5, 0.6) is 0 Å². The molecule has 0 unspecified atom stereocenters. The SMILES string of the molecule is Cc1cc(C)cc(Nc2cc(NN)cc([N+](=O)[O-])c2)c1. The van der Waals surface area contributed by atoms with Crippen molar-refractivity contribution in [3.8, 4) is 0 Å². The first-order chi connectivity index (χ1) is 9.47. The molecular weight excluding hydrogens is 256 g/mol. The Balaban J connectivity index is 2.37. The van der Waals surface area contributed by atoms with Crippen LogP contribution < -0.4 is 16.6 Å². The van der Waals surface area contributed by atoms with Crippen LogP contribution in [0.25, 0.3) is 0 Å². The number of nitrogens with zero attached hydrogens (tertiary/aromatic N) is 1. The summed E-state index contributed by atoms with van der Waals surface area (Å²) in [6.45, 7) is 4.00. The molecule has 0 aromatic heterocycles. The number of aryl methyl sites for hydroxylation is 2. The van der Waals surface area contributed by atoms with Crippen LogP contribution in [0.1, 0.15) is 11.1 Å². The quantitative estimate of drug-likeness (QED) is 0.451. The number of hydrazine groups is 1. The van der Waals surface area contributed by atoms with E-state index in [2.05, 4.69) is 16.8 Å². The van der Waals surface area contributed by atoms with Crippen LogP contribution in [0.15, 0.2) is 36.4 Å². The van der Waals surface area contributed by atoms with E-state index in [1.807, 2.05) is 26.0 Å². The predicted molar refractivity (Wildman–Crippen MR) is 80.1 cm³/mol. The summed E-state index contributed by atoms with van der Waals surface area (Å²) in [5, 5.41) is 14.0. The lowest BCUT2D eigenvalue weighted by molar-refractivity contribution is -0.384. The van der Waals surface area contributed by atoms with Gasteiger partial charge in [0.25, 0.3) is 5.69 Å². The average Bonchev–Trinajstić information content (AvgIpc) is 2.36. The number of benzene rings is 2. The van der Waals surface area contributed by atoms with E-state index in [9.17, 15) is 10.1 Å². The van der Waals surface area contributed by atoms with Crippen LogP contribution >= 0.6 is 0 Å². The number of nitrogens with two attached hydrogens (primary N) is 1. The van der Waals surface area contributed by atoms with E-state index in [4.69, 9.17) is 5.84 Å². The largest absolute Gasteiger partial charge is 0.355 e. The number of hydrogen-bond acceptors (Lipinski definition) is 5. The molecule has 104 valence electrons. The lowest BCUT2D eigenvalue weighted by Gasteiger charge is -2.10. The molecule has 0 radical (unpaired) electrons. The van der Waals surface area contributed by atoms with Crippen molar-refractivity contribution < 1.29 is 4.92 Å². The number of rotatable bonds is 4. The zero-order chi connectivity index (χ0) is 14.7. The fraction of sp³-hybridized carbons (Fsp3) is 0.143. The summed E-state index contributed by atoms with van der Waals surface area (Å²) in [5.41, 5.74) is 6.61. The topological polar surface area (TPSA) is 93.2 Å². The molecule has 4 N–H and O–H groups in total. The van der Waals surface area contributed by atoms with Gasteiger partial charge in [0.1, 0.15) is 0 Å². The van der Waals surface area contributed by atoms with Gasteiger partial charge in [0.2, 0.25) is 0 Å². The predicted octanol–water partition coefficient (Wildman–Crippen LogP) is 3.24. The standard InChI is InChI=1S/C14H16N4O2/c1-9-3-10(2)5-11(4-9)16-12-6-13(17-15)8-14(7-12)18(19)20/h3-8,16-17H,15H2,1-2H3. The van der Waals surface area contributed by atoms with E-state index in [-0.39, 0.29) is 5.69 Å². The summed E-state index contributed by atoms with van der Waals surface area (Å²) in [7, 11) is 0. The van der Waals surface area contributed by atoms with Crippen LogP contribution in [-0.2, 0) is 0 Å². The van der Waals surface area contributed by atoms with Crippen LogP contribution in [0, 0.1) is 24.0 Å². The Morgan fingerprint density at radius 2 is 1.50 bits per heavy atom. The summed E-state index contributed by atoms with van der Waals surface area (Å²) >= 11 is 0.